The number of hydrogen-bond acceptors (Lipinski definition) is 5. The van der Waals surface area contributed by atoms with E-state index in [-0.39, 0.29) is 18.1 Å². The van der Waals surface area contributed by atoms with Crippen LogP contribution in [-0.2, 0) is 13.1 Å². The topological polar surface area (TPSA) is 102 Å². The molecule has 0 radical (unpaired) electrons. The highest BCUT2D eigenvalue weighted by Crippen LogP contribution is 2.10. The molecular formula is C17H17N5O3. The fourth-order valence-corrected chi connectivity index (χ4v) is 2.23. The first-order chi connectivity index (χ1) is 12.1. The van der Waals surface area contributed by atoms with E-state index < -0.39 is 0 Å². The number of pyridine rings is 1. The van der Waals surface area contributed by atoms with Gasteiger partial charge in [0, 0.05) is 24.9 Å². The van der Waals surface area contributed by atoms with Crippen LogP contribution in [0.5, 0.6) is 0 Å². The lowest BCUT2D eigenvalue weighted by atomic mass is 10.2. The number of rotatable bonds is 5. The minimum Gasteiger partial charge on any atom is -0.340 e. The Kier molecular flexibility index (Phi) is 4.89. The number of aryl methyl sites for hydroxylation is 1. The number of aromatic nitrogens is 3. The monoisotopic (exact) mass is 339 g/mol. The molecule has 8 nitrogen and oxygen atoms in total. The van der Waals surface area contributed by atoms with Crippen LogP contribution in [0, 0.1) is 6.92 Å². The maximum Gasteiger partial charge on any atom is 0.319 e. The van der Waals surface area contributed by atoms with Crippen LogP contribution in [0.15, 0.2) is 58.0 Å². The molecule has 0 atom stereocenters. The standard InChI is InChI=1S/C17H17N5O3/c1-12-19-15(21-25-12)10-18-17(24)20-14-7-5-13(6-8-14)11-22-9-3-2-4-16(22)23/h2-9H,10-11H2,1H3,(H2,18,20,24). The van der Waals surface area contributed by atoms with Crippen molar-refractivity contribution in [3.05, 3.63) is 76.3 Å². The zero-order chi connectivity index (χ0) is 17.6. The van der Waals surface area contributed by atoms with Crippen molar-refractivity contribution < 1.29 is 9.32 Å². The number of hydrogen-bond donors (Lipinski definition) is 2. The normalized spacial score (nSPS) is 10.4. The Morgan fingerprint density at radius 3 is 2.68 bits per heavy atom. The van der Waals surface area contributed by atoms with Crippen molar-refractivity contribution in [2.24, 2.45) is 0 Å². The van der Waals surface area contributed by atoms with Gasteiger partial charge in [-0.25, -0.2) is 4.79 Å². The van der Waals surface area contributed by atoms with Gasteiger partial charge in [-0.2, -0.15) is 4.98 Å². The number of anilines is 1. The molecule has 0 aliphatic carbocycles. The Bertz CT molecular complexity index is 914. The summed E-state index contributed by atoms with van der Waals surface area (Å²) in [6.07, 6.45) is 1.74. The average molecular weight is 339 g/mol. The molecule has 25 heavy (non-hydrogen) atoms. The molecule has 0 spiro atoms. The van der Waals surface area contributed by atoms with E-state index in [1.165, 1.54) is 6.07 Å². The van der Waals surface area contributed by atoms with E-state index >= 15 is 0 Å². The Hall–Kier alpha value is -3.42. The van der Waals surface area contributed by atoms with E-state index in [0.717, 1.165) is 5.56 Å². The molecular weight excluding hydrogens is 322 g/mol. The number of benzene rings is 1. The van der Waals surface area contributed by atoms with Gasteiger partial charge in [0.05, 0.1) is 13.1 Å². The summed E-state index contributed by atoms with van der Waals surface area (Å²) >= 11 is 0. The molecule has 128 valence electrons. The van der Waals surface area contributed by atoms with Gasteiger partial charge < -0.3 is 19.7 Å². The van der Waals surface area contributed by atoms with Crippen LogP contribution in [0.4, 0.5) is 10.5 Å². The van der Waals surface area contributed by atoms with Gasteiger partial charge in [-0.1, -0.05) is 23.4 Å². The maximum absolute atomic E-state index is 11.9. The van der Waals surface area contributed by atoms with Crippen LogP contribution in [0.25, 0.3) is 0 Å². The van der Waals surface area contributed by atoms with Gasteiger partial charge in [0.2, 0.25) is 5.89 Å². The molecule has 0 aliphatic heterocycles. The van der Waals surface area contributed by atoms with Crippen LogP contribution in [-0.4, -0.2) is 20.7 Å². The van der Waals surface area contributed by atoms with Gasteiger partial charge in [-0.3, -0.25) is 4.79 Å². The highest BCUT2D eigenvalue weighted by atomic mass is 16.5. The number of nitrogens with zero attached hydrogens (tertiary/aromatic N) is 3. The van der Waals surface area contributed by atoms with E-state index in [0.29, 0.717) is 23.9 Å². The highest BCUT2D eigenvalue weighted by Gasteiger charge is 2.06. The van der Waals surface area contributed by atoms with Crippen molar-refractivity contribution in [2.45, 2.75) is 20.0 Å². The third-order valence-electron chi connectivity index (χ3n) is 3.44. The number of urea groups is 1. The van der Waals surface area contributed by atoms with Crippen molar-refractivity contribution >= 4 is 11.7 Å². The van der Waals surface area contributed by atoms with E-state index in [9.17, 15) is 9.59 Å². The minimum absolute atomic E-state index is 0.0548. The van der Waals surface area contributed by atoms with E-state index in [1.807, 2.05) is 18.2 Å². The quantitative estimate of drug-likeness (QED) is 0.739. The van der Waals surface area contributed by atoms with Crippen LogP contribution in [0.2, 0.25) is 0 Å². The Morgan fingerprint density at radius 2 is 2.00 bits per heavy atom. The Balaban J connectivity index is 1.54. The molecule has 2 amide bonds. The average Bonchev–Trinajstić information content (AvgIpc) is 3.02. The molecule has 2 aromatic heterocycles. The van der Waals surface area contributed by atoms with Gasteiger partial charge >= 0.3 is 6.03 Å². The van der Waals surface area contributed by atoms with Gasteiger partial charge in [0.25, 0.3) is 5.56 Å². The lowest BCUT2D eigenvalue weighted by Crippen LogP contribution is -2.28. The third kappa shape index (κ3) is 4.54. The van der Waals surface area contributed by atoms with Crippen molar-refractivity contribution in [2.75, 3.05) is 5.32 Å². The van der Waals surface area contributed by atoms with Crippen LogP contribution in [0.1, 0.15) is 17.3 Å². The van der Waals surface area contributed by atoms with Crippen molar-refractivity contribution in [3.63, 3.8) is 0 Å². The van der Waals surface area contributed by atoms with E-state index in [1.54, 1.807) is 35.9 Å². The molecule has 0 bridgehead atoms. The zero-order valence-corrected chi connectivity index (χ0v) is 13.6. The number of amides is 2. The smallest absolute Gasteiger partial charge is 0.319 e. The van der Waals surface area contributed by atoms with E-state index in [4.69, 9.17) is 4.52 Å². The van der Waals surface area contributed by atoms with Crippen LogP contribution < -0.4 is 16.2 Å². The summed E-state index contributed by atoms with van der Waals surface area (Å²) in [7, 11) is 0. The van der Waals surface area contributed by atoms with Gasteiger partial charge in [-0.15, -0.1) is 0 Å². The molecule has 0 unspecified atom stereocenters. The summed E-state index contributed by atoms with van der Waals surface area (Å²) < 4.78 is 6.44. The second-order valence-electron chi connectivity index (χ2n) is 5.40. The molecule has 3 rings (SSSR count). The van der Waals surface area contributed by atoms with Gasteiger partial charge in [-0.05, 0) is 23.8 Å². The largest absolute Gasteiger partial charge is 0.340 e. The molecule has 3 aromatic rings. The predicted molar refractivity (Wildman–Crippen MR) is 91.1 cm³/mol. The number of carbonyl (C=O) groups is 1. The van der Waals surface area contributed by atoms with Crippen molar-refractivity contribution in [1.82, 2.24) is 20.0 Å². The zero-order valence-electron chi connectivity index (χ0n) is 13.6. The molecule has 0 saturated carbocycles. The van der Waals surface area contributed by atoms with Crippen molar-refractivity contribution in [3.8, 4) is 0 Å². The second-order valence-corrected chi connectivity index (χ2v) is 5.40. The fraction of sp³-hybridized carbons (Fsp3) is 0.176. The van der Waals surface area contributed by atoms with Gasteiger partial charge in [0.1, 0.15) is 0 Å². The highest BCUT2D eigenvalue weighted by molar-refractivity contribution is 5.89. The first-order valence-electron chi connectivity index (χ1n) is 7.68. The van der Waals surface area contributed by atoms with Crippen LogP contribution >= 0.6 is 0 Å². The summed E-state index contributed by atoms with van der Waals surface area (Å²) in [5, 5.41) is 9.06. The molecule has 8 heteroatoms. The Labute approximate surface area is 143 Å². The Morgan fingerprint density at radius 1 is 1.20 bits per heavy atom. The molecule has 1 aromatic carbocycles. The fourth-order valence-electron chi connectivity index (χ4n) is 2.23. The SMILES string of the molecule is Cc1nc(CNC(=O)Nc2ccc(Cn3ccccc3=O)cc2)no1. The summed E-state index contributed by atoms with van der Waals surface area (Å²) in [6, 6.07) is 11.9. The lowest BCUT2D eigenvalue weighted by molar-refractivity contribution is 0.251. The molecule has 2 heterocycles. The molecule has 0 aliphatic rings. The minimum atomic E-state index is -0.366. The molecule has 0 fully saturated rings. The summed E-state index contributed by atoms with van der Waals surface area (Å²) in [5.74, 6) is 0.863. The number of nitrogens with one attached hydrogen (secondary N) is 2. The second kappa shape index (κ2) is 7.43. The third-order valence-corrected chi connectivity index (χ3v) is 3.44. The van der Waals surface area contributed by atoms with Gasteiger partial charge in [0.15, 0.2) is 5.82 Å². The molecule has 2 N–H and O–H groups in total. The predicted octanol–water partition coefficient (Wildman–Crippen LogP) is 1.91. The summed E-state index contributed by atoms with van der Waals surface area (Å²) in [6.45, 7) is 2.34. The number of carbonyl (C=O) groups excluding carboxylic acids is 1. The van der Waals surface area contributed by atoms with Crippen molar-refractivity contribution in [1.29, 1.82) is 0 Å². The maximum atomic E-state index is 11.9. The first-order valence-corrected chi connectivity index (χ1v) is 7.68. The van der Waals surface area contributed by atoms with E-state index in [2.05, 4.69) is 20.8 Å². The first kappa shape index (κ1) is 16.4. The molecule has 0 saturated heterocycles. The van der Waals surface area contributed by atoms with Crippen LogP contribution in [0.3, 0.4) is 0 Å². The summed E-state index contributed by atoms with van der Waals surface area (Å²) in [5.41, 5.74) is 1.55. The summed E-state index contributed by atoms with van der Waals surface area (Å²) in [4.78, 5) is 27.6. The lowest BCUT2D eigenvalue weighted by Gasteiger charge is -2.08.